The molecule has 0 unspecified atom stereocenters. The van der Waals surface area contributed by atoms with Gasteiger partial charge in [-0.1, -0.05) is 13.8 Å². The Labute approximate surface area is 435 Å². The Balaban J connectivity index is 0.0000266. The molecule has 0 aromatic carbocycles. The summed E-state index contributed by atoms with van der Waals surface area (Å²) in [4.78, 5) is 150. The number of nitrogens with zero attached hydrogens (tertiary/aromatic N) is 6. The second kappa shape index (κ2) is 33.9. The first kappa shape index (κ1) is 65.3. The van der Waals surface area contributed by atoms with Crippen molar-refractivity contribution in [1.82, 2.24) is 40.4 Å². The Hall–Kier alpha value is -5.72. The Morgan fingerprint density at radius 3 is 1.59 bits per heavy atom. The third kappa shape index (κ3) is 26.2. The van der Waals surface area contributed by atoms with Gasteiger partial charge >= 0.3 is 31.7 Å². The van der Waals surface area contributed by atoms with Gasteiger partial charge in [-0.2, -0.15) is 0 Å². The van der Waals surface area contributed by atoms with E-state index in [1.807, 2.05) is 0 Å². The van der Waals surface area contributed by atoms with Crippen molar-refractivity contribution < 1.29 is 83.4 Å². The van der Waals surface area contributed by atoms with Crippen LogP contribution in [0.4, 0.5) is 0 Å². The Kier molecular flexibility index (Phi) is 30.3. The van der Waals surface area contributed by atoms with Crippen molar-refractivity contribution in [1.29, 1.82) is 0 Å². The van der Waals surface area contributed by atoms with Gasteiger partial charge in [0, 0.05) is 97.9 Å². The number of nitrogens with one attached hydrogen (secondary N) is 3. The number of hydrogen-bond acceptors (Lipinski definition) is 20. The van der Waals surface area contributed by atoms with Crippen LogP contribution in [0.1, 0.15) is 65.2 Å². The number of carboxylic acid groups (broad SMARTS) is 5. The second-order valence-corrected chi connectivity index (χ2v) is 18.3. The minimum Gasteiger partial charge on any atom is -0.549 e. The number of aliphatic imine (C=N–C) groups is 1. The number of hydrogen-bond donors (Lipinski definition) is 8. The van der Waals surface area contributed by atoms with E-state index in [9.17, 15) is 83.4 Å². The van der Waals surface area contributed by atoms with Gasteiger partial charge in [-0.15, -0.1) is 0 Å². The van der Waals surface area contributed by atoms with Crippen molar-refractivity contribution in [2.24, 2.45) is 34.2 Å². The summed E-state index contributed by atoms with van der Waals surface area (Å²) >= 11 is 0. The minimum absolute atomic E-state index is 0. The van der Waals surface area contributed by atoms with E-state index in [4.69, 9.17) is 11.5 Å². The van der Waals surface area contributed by atoms with Gasteiger partial charge in [0.25, 0.3) is 0 Å². The standard InChI is InChI=1S/C44H73N11O17.Ga/c1-27(2)17-32(34(58)19-29(26-56)41(69)49-31(43(71)72)5-3-7-47-44(45)46)50-40(68)28(20-36(60)61)18-30(57)21-48-42(70)33-6-4-8-55(33)35(59)22-51-9-11-52(23-37(62)63)13-15-54(25-39(66)67)16-14-53(12-10-51)24-38(64)65;/h27-29,31-33,56H,3-26H2,1-2H3,(H,48,70)(H,49,69)(H,50,68)(H,60,61)(H,62,63)(H,64,65)(H,66,67)(H,71,72)(H4,45,46,47);/q;+3/p-3/t28-,29-,31-,32-,33-;/m0./s1. The fraction of sp³-hybridized carbons (Fsp3) is 0.727. The maximum atomic E-state index is 13.8. The molecule has 2 aliphatic rings. The number of ketones is 2. The van der Waals surface area contributed by atoms with Crippen LogP contribution in [-0.4, -0.2) is 254 Å². The molecule has 0 radical (unpaired) electrons. The number of aliphatic hydroxyl groups is 1. The fourth-order valence-corrected chi connectivity index (χ4v) is 8.21. The van der Waals surface area contributed by atoms with Crippen LogP contribution in [0.25, 0.3) is 0 Å². The third-order valence-electron chi connectivity index (χ3n) is 12.0. The quantitative estimate of drug-likeness (QED) is 0.0143. The fourth-order valence-electron chi connectivity index (χ4n) is 8.21. The van der Waals surface area contributed by atoms with Crippen LogP contribution in [0.15, 0.2) is 4.99 Å². The van der Waals surface area contributed by atoms with Crippen LogP contribution in [0.5, 0.6) is 0 Å². The molecule has 2 heterocycles. The molecular formula is C44H70GaN11O17. The maximum absolute atomic E-state index is 13.8. The van der Waals surface area contributed by atoms with Gasteiger partial charge < -0.3 is 77.3 Å². The van der Waals surface area contributed by atoms with Crippen LogP contribution >= 0.6 is 0 Å². The Morgan fingerprint density at radius 2 is 1.15 bits per heavy atom. The SMILES string of the molecule is CC(C)C[C@H](NC(=O)[C@H](CC(=O)O)CC(=O)CNC(=O)[C@@H]1CCCN1C(=O)CN1CCN(CC(=O)[O-])CCN(CC(=O)[O-])CCN(CC(=O)[O-])CC1)C(=O)C[C@@H](CO)C(=O)N[C@@H](CCCN=C(N)N)C(=O)O.[Ga+3]. The number of Topliss-reactive ketones (excluding diaryl/α,β-unsaturated/α-hetero) is 2. The van der Waals surface area contributed by atoms with E-state index in [-0.39, 0.29) is 129 Å². The van der Waals surface area contributed by atoms with Gasteiger partial charge in [-0.3, -0.25) is 58.2 Å². The summed E-state index contributed by atoms with van der Waals surface area (Å²) in [6.45, 7) is 1.17. The van der Waals surface area contributed by atoms with Gasteiger partial charge in [0.15, 0.2) is 17.5 Å². The zero-order chi connectivity index (χ0) is 54.1. The van der Waals surface area contributed by atoms with Crippen LogP contribution in [0.2, 0.25) is 0 Å². The number of aliphatic hydroxyl groups excluding tert-OH is 1. The van der Waals surface area contributed by atoms with E-state index >= 15 is 0 Å². The van der Waals surface area contributed by atoms with Crippen LogP contribution in [0.3, 0.4) is 0 Å². The summed E-state index contributed by atoms with van der Waals surface area (Å²) in [6, 6.07) is -3.76. The molecule has 29 heteroatoms. The molecule has 0 saturated carbocycles. The average Bonchev–Trinajstić information content (AvgIpc) is 3.78. The van der Waals surface area contributed by atoms with Gasteiger partial charge in [-0.25, -0.2) is 4.79 Å². The first-order chi connectivity index (χ1) is 33.9. The van der Waals surface area contributed by atoms with Gasteiger partial charge in [0.05, 0.1) is 61.9 Å². The monoisotopic (exact) mass is 1090 g/mol. The number of aliphatic carboxylic acids is 5. The molecule has 0 aliphatic carbocycles. The van der Waals surface area contributed by atoms with Crippen molar-refractivity contribution >= 4 is 90.8 Å². The average molecular weight is 1090 g/mol. The van der Waals surface area contributed by atoms with Crippen molar-refractivity contribution in [3.63, 3.8) is 0 Å². The molecular weight excluding hydrogens is 1020 g/mol. The molecule has 0 spiro atoms. The van der Waals surface area contributed by atoms with Crippen molar-refractivity contribution in [3.05, 3.63) is 0 Å². The number of amides is 4. The normalized spacial score (nSPS) is 18.0. The number of rotatable bonds is 30. The largest absolute Gasteiger partial charge is 3.00 e. The molecule has 28 nitrogen and oxygen atoms in total. The predicted molar refractivity (Wildman–Crippen MR) is 251 cm³/mol. The number of nitrogens with two attached hydrogens (primary N) is 2. The molecule has 0 aromatic heterocycles. The van der Waals surface area contributed by atoms with Gasteiger partial charge in [0.2, 0.25) is 23.6 Å². The molecule has 2 fully saturated rings. The van der Waals surface area contributed by atoms with Crippen molar-refractivity contribution in [2.75, 3.05) is 105 Å². The number of carbonyl (C=O) groups is 11. The number of likely N-dealkylation sites (tertiary alicyclic amines) is 1. The van der Waals surface area contributed by atoms with E-state index in [1.54, 1.807) is 18.7 Å². The molecule has 0 aromatic rings. The van der Waals surface area contributed by atoms with Crippen molar-refractivity contribution in [2.45, 2.75) is 83.3 Å². The summed E-state index contributed by atoms with van der Waals surface area (Å²) in [7, 11) is 0. The molecule has 73 heavy (non-hydrogen) atoms. The molecule has 2 saturated heterocycles. The summed E-state index contributed by atoms with van der Waals surface area (Å²) < 4.78 is 0. The van der Waals surface area contributed by atoms with Crippen LogP contribution in [0, 0.1) is 17.8 Å². The zero-order valence-electron chi connectivity index (χ0n) is 41.4. The number of carbonyl (C=O) groups excluding carboxylic acids is 9. The second-order valence-electron chi connectivity index (χ2n) is 18.3. The molecule has 10 N–H and O–H groups in total. The van der Waals surface area contributed by atoms with E-state index in [0.29, 0.717) is 6.42 Å². The minimum atomic E-state index is -1.53. The molecule has 2 rings (SSSR count). The van der Waals surface area contributed by atoms with Crippen molar-refractivity contribution in [3.8, 4) is 0 Å². The smallest absolute Gasteiger partial charge is 0.549 e. The first-order valence-corrected chi connectivity index (χ1v) is 23.7. The summed E-state index contributed by atoms with van der Waals surface area (Å²) in [5.41, 5.74) is 10.5. The molecule has 0 bridgehead atoms. The van der Waals surface area contributed by atoms with E-state index in [1.165, 1.54) is 19.6 Å². The van der Waals surface area contributed by atoms with E-state index in [0.717, 1.165) is 0 Å². The summed E-state index contributed by atoms with van der Waals surface area (Å²) in [6.07, 6.45) is -1.49. The molecule has 4 amide bonds. The molecule has 406 valence electrons. The van der Waals surface area contributed by atoms with Gasteiger partial charge in [-0.05, 0) is 38.0 Å². The third-order valence-corrected chi connectivity index (χ3v) is 12.0. The maximum Gasteiger partial charge on any atom is 3.00 e. The first-order valence-electron chi connectivity index (χ1n) is 23.7. The van der Waals surface area contributed by atoms with Gasteiger partial charge in [0.1, 0.15) is 12.1 Å². The predicted octanol–water partition coefficient (Wildman–Crippen LogP) is -9.04. The van der Waals surface area contributed by atoms with Crippen LogP contribution < -0.4 is 42.7 Å². The zero-order valence-corrected chi connectivity index (χ0v) is 43.8. The number of carboxylic acids is 5. The number of guanidine groups is 1. The molecule has 2 aliphatic heterocycles. The topological polar surface area (TPSA) is 434 Å². The summed E-state index contributed by atoms with van der Waals surface area (Å²) in [5.74, 6) is -15.1. The molecule has 5 atom stereocenters. The Bertz CT molecular complexity index is 1910. The summed E-state index contributed by atoms with van der Waals surface area (Å²) in [5, 5.41) is 71.0. The van der Waals surface area contributed by atoms with E-state index in [2.05, 4.69) is 20.9 Å². The Morgan fingerprint density at radius 1 is 0.671 bits per heavy atom. The van der Waals surface area contributed by atoms with E-state index < -0.39 is 147 Å². The van der Waals surface area contributed by atoms with Crippen LogP contribution in [-0.2, 0) is 52.7 Å².